The Bertz CT molecular complexity index is 513. The van der Waals surface area contributed by atoms with E-state index in [0.717, 1.165) is 6.42 Å². The largest absolute Gasteiger partial charge is 0.470 e. The molecule has 160 valence electrons. The zero-order valence-electron chi connectivity index (χ0n) is 19.1. The highest BCUT2D eigenvalue weighted by Crippen LogP contribution is 2.51. The predicted octanol–water partition coefficient (Wildman–Crippen LogP) is 6.58. The summed E-state index contributed by atoms with van der Waals surface area (Å²) in [4.78, 5) is 0. The summed E-state index contributed by atoms with van der Waals surface area (Å²) in [6.07, 6.45) is 23.0. The van der Waals surface area contributed by atoms with Crippen molar-refractivity contribution in [2.75, 3.05) is 0 Å². The summed E-state index contributed by atoms with van der Waals surface area (Å²) in [6, 6.07) is -0.0641. The van der Waals surface area contributed by atoms with Crippen LogP contribution in [0, 0.1) is 0 Å². The molecule has 4 heteroatoms. The molecule has 28 heavy (non-hydrogen) atoms. The second kappa shape index (κ2) is 10.5. The fourth-order valence-electron chi connectivity index (χ4n) is 4.29. The molecule has 2 unspecified atom stereocenters. The minimum Gasteiger partial charge on any atom is -0.403 e. The van der Waals surface area contributed by atoms with Crippen molar-refractivity contribution in [3.8, 4) is 0 Å². The van der Waals surface area contributed by atoms with Crippen LogP contribution in [-0.2, 0) is 9.31 Å². The molecule has 1 heterocycles. The number of rotatable bonds is 12. The molecule has 0 aromatic carbocycles. The average Bonchev–Trinajstić information content (AvgIpc) is 2.86. The molecule has 0 radical (unpaired) electrons. The average molecular weight is 389 g/mol. The van der Waals surface area contributed by atoms with E-state index >= 15 is 0 Å². The highest BCUT2D eigenvalue weighted by molar-refractivity contribution is 6.51. The number of nitrogens with two attached hydrogens (primary N) is 1. The van der Waals surface area contributed by atoms with E-state index in [2.05, 4.69) is 52.8 Å². The van der Waals surface area contributed by atoms with Crippen LogP contribution in [0.2, 0.25) is 5.31 Å². The van der Waals surface area contributed by atoms with E-state index in [1.807, 2.05) is 6.08 Å². The lowest BCUT2D eigenvalue weighted by atomic mass is 9.50. The van der Waals surface area contributed by atoms with Crippen molar-refractivity contribution in [3.63, 3.8) is 0 Å². The first-order chi connectivity index (χ1) is 13.3. The number of allylic oxidation sites excluding steroid dienone is 2. The van der Waals surface area contributed by atoms with Gasteiger partial charge in [-0.3, -0.25) is 0 Å². The van der Waals surface area contributed by atoms with Crippen LogP contribution < -0.4 is 5.73 Å². The third-order valence-electron chi connectivity index (χ3n) is 7.11. The van der Waals surface area contributed by atoms with Crippen LogP contribution in [0.1, 0.15) is 105 Å². The van der Waals surface area contributed by atoms with Crippen LogP contribution in [0.25, 0.3) is 0 Å². The van der Waals surface area contributed by atoms with Gasteiger partial charge >= 0.3 is 7.12 Å². The second-order valence-corrected chi connectivity index (χ2v) is 9.90. The van der Waals surface area contributed by atoms with Crippen LogP contribution >= 0.6 is 0 Å². The van der Waals surface area contributed by atoms with Gasteiger partial charge in [0.2, 0.25) is 0 Å². The molecule has 2 aliphatic rings. The van der Waals surface area contributed by atoms with Crippen molar-refractivity contribution >= 4 is 7.12 Å². The quantitative estimate of drug-likeness (QED) is 0.303. The van der Waals surface area contributed by atoms with E-state index in [-0.39, 0.29) is 29.7 Å². The summed E-state index contributed by atoms with van der Waals surface area (Å²) < 4.78 is 12.9. The van der Waals surface area contributed by atoms with Gasteiger partial charge in [0.05, 0.1) is 11.2 Å². The van der Waals surface area contributed by atoms with Crippen molar-refractivity contribution in [2.24, 2.45) is 5.73 Å². The number of hydrogen-bond donors (Lipinski definition) is 1. The Labute approximate surface area is 174 Å². The van der Waals surface area contributed by atoms with Crippen molar-refractivity contribution in [1.82, 2.24) is 0 Å². The molecule has 1 fully saturated rings. The van der Waals surface area contributed by atoms with E-state index < -0.39 is 0 Å². The Morgan fingerprint density at radius 3 is 1.79 bits per heavy atom. The Morgan fingerprint density at radius 1 is 0.786 bits per heavy atom. The van der Waals surface area contributed by atoms with Crippen LogP contribution in [0.15, 0.2) is 24.3 Å². The molecule has 0 saturated carbocycles. The summed E-state index contributed by atoms with van der Waals surface area (Å²) >= 11 is 0. The van der Waals surface area contributed by atoms with Gasteiger partial charge in [-0.1, -0.05) is 95.4 Å². The summed E-state index contributed by atoms with van der Waals surface area (Å²) in [7, 11) is -0.285. The van der Waals surface area contributed by atoms with Crippen LogP contribution in [0.5, 0.6) is 0 Å². The fraction of sp³-hybridized carbons (Fsp3) is 0.833. The molecule has 1 aliphatic carbocycles. The van der Waals surface area contributed by atoms with Gasteiger partial charge in [-0.2, -0.15) is 0 Å². The van der Waals surface area contributed by atoms with Crippen LogP contribution in [0.3, 0.4) is 0 Å². The zero-order valence-corrected chi connectivity index (χ0v) is 19.1. The van der Waals surface area contributed by atoms with E-state index in [4.69, 9.17) is 15.0 Å². The predicted molar refractivity (Wildman–Crippen MR) is 121 cm³/mol. The molecule has 1 saturated heterocycles. The van der Waals surface area contributed by atoms with Gasteiger partial charge in [-0.15, -0.1) is 0 Å². The van der Waals surface area contributed by atoms with Gasteiger partial charge in [0, 0.05) is 11.4 Å². The first kappa shape index (κ1) is 23.7. The maximum absolute atomic E-state index is 6.59. The molecule has 0 bridgehead atoms. The lowest BCUT2D eigenvalue weighted by molar-refractivity contribution is 0.00578. The topological polar surface area (TPSA) is 44.5 Å². The van der Waals surface area contributed by atoms with Gasteiger partial charge in [-0.05, 0) is 34.1 Å². The molecule has 2 N–H and O–H groups in total. The maximum Gasteiger partial charge on any atom is 0.470 e. The molecular weight excluding hydrogens is 345 g/mol. The standard InChI is InChI=1S/C24H44BNO2/c1-6-7-8-9-10-11-12-13-14-16-19-24(20-17-15-18-21(24)26)25-27-22(2,3)23(4,5)28-25/h15,17-18,20-21H,6-14,16,19,26H2,1-5H3. The molecule has 0 spiro atoms. The van der Waals surface area contributed by atoms with Gasteiger partial charge in [0.1, 0.15) is 0 Å². The Kier molecular flexibility index (Phi) is 8.85. The fourth-order valence-corrected chi connectivity index (χ4v) is 4.29. The third-order valence-corrected chi connectivity index (χ3v) is 7.11. The molecule has 0 aromatic rings. The van der Waals surface area contributed by atoms with E-state index in [1.165, 1.54) is 64.2 Å². The van der Waals surface area contributed by atoms with Gasteiger partial charge < -0.3 is 15.0 Å². The highest BCUT2D eigenvalue weighted by atomic mass is 16.7. The molecule has 3 nitrogen and oxygen atoms in total. The lowest BCUT2D eigenvalue weighted by Gasteiger charge is -2.38. The van der Waals surface area contributed by atoms with E-state index in [9.17, 15) is 0 Å². The molecule has 2 rings (SSSR count). The van der Waals surface area contributed by atoms with Crippen molar-refractivity contribution in [3.05, 3.63) is 24.3 Å². The SMILES string of the molecule is CCCCCCCCCCCCC1(B2OC(C)(C)C(C)(C)O2)C=CC=CC1N. The summed E-state index contributed by atoms with van der Waals surface area (Å²) in [5.74, 6) is 0. The molecule has 1 aliphatic heterocycles. The minimum atomic E-state index is -0.322. The zero-order chi connectivity index (χ0) is 20.7. The summed E-state index contributed by atoms with van der Waals surface area (Å²) in [6.45, 7) is 10.8. The first-order valence-electron chi connectivity index (χ1n) is 11.7. The van der Waals surface area contributed by atoms with E-state index in [0.29, 0.717) is 0 Å². The van der Waals surface area contributed by atoms with Crippen molar-refractivity contribution in [2.45, 2.75) is 128 Å². The first-order valence-corrected chi connectivity index (χ1v) is 11.7. The van der Waals surface area contributed by atoms with E-state index in [1.54, 1.807) is 0 Å². The Balaban J connectivity index is 1.82. The van der Waals surface area contributed by atoms with Gasteiger partial charge in [0.25, 0.3) is 0 Å². The smallest absolute Gasteiger partial charge is 0.403 e. The maximum atomic E-state index is 6.59. The molecule has 0 aromatic heterocycles. The summed E-state index contributed by atoms with van der Waals surface area (Å²) in [5, 5.41) is -0.264. The molecular formula is C24H44BNO2. The lowest BCUT2D eigenvalue weighted by Crippen LogP contribution is -2.47. The number of unbranched alkanes of at least 4 members (excludes halogenated alkanes) is 9. The minimum absolute atomic E-state index is 0.0641. The van der Waals surface area contributed by atoms with Crippen LogP contribution in [0.4, 0.5) is 0 Å². The van der Waals surface area contributed by atoms with Crippen molar-refractivity contribution in [1.29, 1.82) is 0 Å². The Morgan fingerprint density at radius 2 is 1.29 bits per heavy atom. The monoisotopic (exact) mass is 389 g/mol. The van der Waals surface area contributed by atoms with Crippen molar-refractivity contribution < 1.29 is 9.31 Å². The van der Waals surface area contributed by atoms with Crippen LogP contribution in [-0.4, -0.2) is 24.4 Å². The molecule has 2 atom stereocenters. The normalized spacial score (nSPS) is 28.2. The molecule has 0 amide bonds. The highest BCUT2D eigenvalue weighted by Gasteiger charge is 2.60. The summed E-state index contributed by atoms with van der Waals surface area (Å²) in [5.41, 5.74) is 5.95. The third kappa shape index (κ3) is 5.74. The van der Waals surface area contributed by atoms with Gasteiger partial charge in [-0.25, -0.2) is 0 Å². The Hall–Kier alpha value is -0.575. The second-order valence-electron chi connectivity index (χ2n) is 9.90. The van der Waals surface area contributed by atoms with Gasteiger partial charge in [0.15, 0.2) is 0 Å². The number of hydrogen-bond acceptors (Lipinski definition) is 3.